The fourth-order valence-electron chi connectivity index (χ4n) is 2.60. The van der Waals surface area contributed by atoms with Crippen molar-refractivity contribution in [3.8, 4) is 0 Å². The average Bonchev–Trinajstić information content (AvgIpc) is 2.72. The number of rotatable bonds is 5. The monoisotopic (exact) mass is 344 g/mol. The zero-order valence-electron chi connectivity index (χ0n) is 14.6. The summed E-state index contributed by atoms with van der Waals surface area (Å²) < 4.78 is 0. The highest BCUT2D eigenvalue weighted by Crippen LogP contribution is 2.15. The molecule has 0 bridgehead atoms. The van der Waals surface area contributed by atoms with Gasteiger partial charge in [-0.05, 0) is 42.0 Å². The molecule has 3 aromatic rings. The molecule has 0 unspecified atom stereocenters. The maximum absolute atomic E-state index is 12.6. The lowest BCUT2D eigenvalue weighted by Crippen LogP contribution is -2.26. The Morgan fingerprint density at radius 2 is 1.35 bits per heavy atom. The number of hydrogen-bond acceptors (Lipinski definition) is 2. The van der Waals surface area contributed by atoms with Gasteiger partial charge in [0.05, 0.1) is 0 Å². The molecule has 0 spiro atoms. The van der Waals surface area contributed by atoms with E-state index in [1.165, 1.54) is 0 Å². The first-order valence-electron chi connectivity index (χ1n) is 8.40. The van der Waals surface area contributed by atoms with E-state index in [1.54, 1.807) is 36.2 Å². The van der Waals surface area contributed by atoms with Crippen LogP contribution in [0.15, 0.2) is 84.9 Å². The SMILES string of the molecule is CN(C(=O)c1ccc(CNC(=O)c2ccccc2)cc1)c1ccccc1. The molecule has 1 N–H and O–H groups in total. The van der Waals surface area contributed by atoms with Crippen LogP contribution in [-0.2, 0) is 6.54 Å². The second-order valence-corrected chi connectivity index (χ2v) is 5.95. The van der Waals surface area contributed by atoms with Gasteiger partial charge >= 0.3 is 0 Å². The summed E-state index contributed by atoms with van der Waals surface area (Å²) in [5, 5.41) is 2.88. The second-order valence-electron chi connectivity index (χ2n) is 5.95. The molecule has 4 heteroatoms. The summed E-state index contributed by atoms with van der Waals surface area (Å²) in [4.78, 5) is 26.2. The van der Waals surface area contributed by atoms with Crippen molar-refractivity contribution in [1.82, 2.24) is 5.32 Å². The van der Waals surface area contributed by atoms with Crippen molar-refractivity contribution in [2.24, 2.45) is 0 Å². The number of nitrogens with one attached hydrogen (secondary N) is 1. The Morgan fingerprint density at radius 3 is 1.96 bits per heavy atom. The molecule has 0 heterocycles. The molecule has 26 heavy (non-hydrogen) atoms. The van der Waals surface area contributed by atoms with Gasteiger partial charge in [-0.2, -0.15) is 0 Å². The molecule has 3 rings (SSSR count). The minimum absolute atomic E-state index is 0.0731. The fraction of sp³-hybridized carbons (Fsp3) is 0.0909. The summed E-state index contributed by atoms with van der Waals surface area (Å²) in [5.41, 5.74) is 3.02. The molecule has 0 atom stereocenters. The van der Waals surface area contributed by atoms with Gasteiger partial charge in [-0.3, -0.25) is 9.59 Å². The first-order valence-corrected chi connectivity index (χ1v) is 8.40. The molecular formula is C22H20N2O2. The van der Waals surface area contributed by atoms with E-state index in [4.69, 9.17) is 0 Å². The number of nitrogens with zero attached hydrogens (tertiary/aromatic N) is 1. The Bertz CT molecular complexity index is 875. The van der Waals surface area contributed by atoms with Crippen molar-refractivity contribution in [3.63, 3.8) is 0 Å². The van der Waals surface area contributed by atoms with Crippen molar-refractivity contribution >= 4 is 17.5 Å². The molecule has 0 radical (unpaired) electrons. The first kappa shape index (κ1) is 17.4. The Kier molecular flexibility index (Phi) is 5.44. The minimum Gasteiger partial charge on any atom is -0.348 e. The molecule has 0 fully saturated rings. The van der Waals surface area contributed by atoms with Crippen molar-refractivity contribution in [2.45, 2.75) is 6.54 Å². The van der Waals surface area contributed by atoms with Crippen LogP contribution in [0.4, 0.5) is 5.69 Å². The van der Waals surface area contributed by atoms with E-state index in [-0.39, 0.29) is 11.8 Å². The van der Waals surface area contributed by atoms with Gasteiger partial charge in [0.15, 0.2) is 0 Å². The Hall–Kier alpha value is -3.40. The van der Waals surface area contributed by atoms with Crippen LogP contribution in [0, 0.1) is 0 Å². The minimum atomic E-state index is -0.116. The van der Waals surface area contributed by atoms with Gasteiger partial charge in [0.1, 0.15) is 0 Å². The quantitative estimate of drug-likeness (QED) is 0.763. The highest BCUT2D eigenvalue weighted by molar-refractivity contribution is 6.05. The third-order valence-corrected chi connectivity index (χ3v) is 4.14. The molecule has 0 aliphatic carbocycles. The number of carbonyl (C=O) groups excluding carboxylic acids is 2. The highest BCUT2D eigenvalue weighted by Gasteiger charge is 2.13. The maximum atomic E-state index is 12.6. The summed E-state index contributed by atoms with van der Waals surface area (Å²) in [7, 11) is 1.76. The zero-order valence-corrected chi connectivity index (χ0v) is 14.6. The standard InChI is InChI=1S/C22H20N2O2/c1-24(20-10-6-3-7-11-20)22(26)19-14-12-17(13-15-19)16-23-21(25)18-8-4-2-5-9-18/h2-15H,16H2,1H3,(H,23,25). The van der Waals surface area contributed by atoms with Gasteiger partial charge < -0.3 is 10.2 Å². The molecule has 2 amide bonds. The summed E-state index contributed by atoms with van der Waals surface area (Å²) in [6.07, 6.45) is 0. The van der Waals surface area contributed by atoms with Crippen molar-refractivity contribution in [2.75, 3.05) is 11.9 Å². The van der Waals surface area contributed by atoms with Crippen molar-refractivity contribution in [1.29, 1.82) is 0 Å². The van der Waals surface area contributed by atoms with E-state index in [0.29, 0.717) is 17.7 Å². The van der Waals surface area contributed by atoms with Crippen LogP contribution in [0.3, 0.4) is 0 Å². The maximum Gasteiger partial charge on any atom is 0.258 e. The Morgan fingerprint density at radius 1 is 0.769 bits per heavy atom. The van der Waals surface area contributed by atoms with Gasteiger partial charge in [-0.25, -0.2) is 0 Å². The van der Waals surface area contributed by atoms with E-state index in [9.17, 15) is 9.59 Å². The van der Waals surface area contributed by atoms with E-state index >= 15 is 0 Å². The Balaban J connectivity index is 1.61. The second kappa shape index (κ2) is 8.12. The summed E-state index contributed by atoms with van der Waals surface area (Å²) in [5.74, 6) is -0.189. The predicted octanol–water partition coefficient (Wildman–Crippen LogP) is 3.89. The summed E-state index contributed by atoms with van der Waals surface area (Å²) in [6, 6.07) is 25.9. The van der Waals surface area contributed by atoms with E-state index < -0.39 is 0 Å². The van der Waals surface area contributed by atoms with Crippen LogP contribution in [0.5, 0.6) is 0 Å². The molecule has 4 nitrogen and oxygen atoms in total. The molecule has 0 saturated heterocycles. The lowest BCUT2D eigenvalue weighted by Gasteiger charge is -2.17. The van der Waals surface area contributed by atoms with Crippen LogP contribution < -0.4 is 10.2 Å². The predicted molar refractivity (Wildman–Crippen MR) is 103 cm³/mol. The van der Waals surface area contributed by atoms with Crippen molar-refractivity contribution in [3.05, 3.63) is 102 Å². The number of hydrogen-bond donors (Lipinski definition) is 1. The number of benzene rings is 3. The fourth-order valence-corrected chi connectivity index (χ4v) is 2.60. The summed E-state index contributed by atoms with van der Waals surface area (Å²) in [6.45, 7) is 0.413. The third kappa shape index (κ3) is 4.16. The zero-order chi connectivity index (χ0) is 18.4. The van der Waals surface area contributed by atoms with Gasteiger partial charge in [-0.1, -0.05) is 48.5 Å². The Labute approximate surface area is 153 Å². The van der Waals surface area contributed by atoms with Crippen LogP contribution >= 0.6 is 0 Å². The topological polar surface area (TPSA) is 49.4 Å². The molecular weight excluding hydrogens is 324 g/mol. The van der Waals surface area contributed by atoms with Gasteiger partial charge in [-0.15, -0.1) is 0 Å². The number of carbonyl (C=O) groups is 2. The van der Waals surface area contributed by atoms with E-state index in [1.807, 2.05) is 60.7 Å². The van der Waals surface area contributed by atoms with E-state index in [0.717, 1.165) is 11.3 Å². The largest absolute Gasteiger partial charge is 0.348 e. The first-order chi connectivity index (χ1) is 12.6. The molecule has 0 aliphatic heterocycles. The van der Waals surface area contributed by atoms with Crippen molar-refractivity contribution < 1.29 is 9.59 Å². The summed E-state index contributed by atoms with van der Waals surface area (Å²) >= 11 is 0. The van der Waals surface area contributed by atoms with Crippen LogP contribution in [0.2, 0.25) is 0 Å². The normalized spacial score (nSPS) is 10.2. The van der Waals surface area contributed by atoms with Gasteiger partial charge in [0, 0.05) is 30.4 Å². The third-order valence-electron chi connectivity index (χ3n) is 4.14. The van der Waals surface area contributed by atoms with Gasteiger partial charge in [0.25, 0.3) is 11.8 Å². The molecule has 3 aromatic carbocycles. The smallest absolute Gasteiger partial charge is 0.258 e. The molecule has 130 valence electrons. The van der Waals surface area contributed by atoms with Crippen LogP contribution in [0.25, 0.3) is 0 Å². The van der Waals surface area contributed by atoms with Gasteiger partial charge in [0.2, 0.25) is 0 Å². The van der Waals surface area contributed by atoms with Crippen LogP contribution in [0.1, 0.15) is 26.3 Å². The highest BCUT2D eigenvalue weighted by atomic mass is 16.2. The number of anilines is 1. The van der Waals surface area contributed by atoms with Crippen LogP contribution in [-0.4, -0.2) is 18.9 Å². The lowest BCUT2D eigenvalue weighted by molar-refractivity contribution is 0.0949. The van der Waals surface area contributed by atoms with E-state index in [2.05, 4.69) is 5.32 Å². The number of para-hydroxylation sites is 1. The molecule has 0 saturated carbocycles. The number of amides is 2. The molecule has 0 aromatic heterocycles. The lowest BCUT2D eigenvalue weighted by atomic mass is 10.1. The average molecular weight is 344 g/mol. The molecule has 0 aliphatic rings.